The van der Waals surface area contributed by atoms with Crippen LogP contribution in [0.1, 0.15) is 12.5 Å². The van der Waals surface area contributed by atoms with Crippen LogP contribution in [0.15, 0.2) is 30.0 Å². The summed E-state index contributed by atoms with van der Waals surface area (Å²) in [5, 5.41) is 19.3. The Kier molecular flexibility index (Phi) is 3.82. The Morgan fingerprint density at radius 2 is 2.18 bits per heavy atom. The molecule has 1 N–H and O–H groups in total. The molecule has 1 amide bonds. The lowest BCUT2D eigenvalue weighted by Crippen LogP contribution is -2.23. The molecular formula is C11H12N2O4. The van der Waals surface area contributed by atoms with E-state index < -0.39 is 11.0 Å². The van der Waals surface area contributed by atoms with Gasteiger partial charge in [-0.1, -0.05) is 12.1 Å². The highest BCUT2D eigenvalue weighted by molar-refractivity contribution is 5.85. The van der Waals surface area contributed by atoms with Crippen LogP contribution in [-0.2, 0) is 0 Å². The number of benzene rings is 1. The fourth-order valence-electron chi connectivity index (χ4n) is 1.23. The molecule has 0 aromatic heterocycles. The monoisotopic (exact) mass is 236 g/mol. The lowest BCUT2D eigenvalue weighted by atomic mass is 10.1. The van der Waals surface area contributed by atoms with Crippen molar-refractivity contribution in [3.05, 3.63) is 45.6 Å². The van der Waals surface area contributed by atoms with Crippen molar-refractivity contribution in [2.24, 2.45) is 0 Å². The van der Waals surface area contributed by atoms with Crippen molar-refractivity contribution in [2.45, 2.75) is 6.92 Å². The van der Waals surface area contributed by atoms with Gasteiger partial charge in [-0.05, 0) is 17.7 Å². The van der Waals surface area contributed by atoms with Crippen molar-refractivity contribution in [2.75, 3.05) is 11.9 Å². The molecule has 0 aliphatic carbocycles. The first kappa shape index (κ1) is 12.7. The molecule has 0 fully saturated rings. The standard InChI is InChI=1S/C11H12N2O4/c1-8(13(16)17)6-9-4-3-5-10(7-9)12(2)11(14)15/h3-7H,1-2H3,(H,14,15). The Balaban J connectivity index is 3.06. The zero-order valence-corrected chi connectivity index (χ0v) is 9.45. The first-order chi connectivity index (χ1) is 7.91. The van der Waals surface area contributed by atoms with E-state index >= 15 is 0 Å². The number of nitro groups is 1. The van der Waals surface area contributed by atoms with E-state index in [1.54, 1.807) is 24.3 Å². The third-order valence-electron chi connectivity index (χ3n) is 2.21. The largest absolute Gasteiger partial charge is 0.465 e. The van der Waals surface area contributed by atoms with Gasteiger partial charge >= 0.3 is 6.09 Å². The average molecular weight is 236 g/mol. The molecule has 0 aliphatic rings. The summed E-state index contributed by atoms with van der Waals surface area (Å²) in [6.07, 6.45) is 0.302. The smallest absolute Gasteiger partial charge is 0.411 e. The predicted molar refractivity (Wildman–Crippen MR) is 63.5 cm³/mol. The molecule has 0 radical (unpaired) electrons. The van der Waals surface area contributed by atoms with Crippen LogP contribution < -0.4 is 4.90 Å². The summed E-state index contributed by atoms with van der Waals surface area (Å²) in [4.78, 5) is 21.8. The summed E-state index contributed by atoms with van der Waals surface area (Å²) >= 11 is 0. The summed E-state index contributed by atoms with van der Waals surface area (Å²) in [6, 6.07) is 6.51. The first-order valence-electron chi connectivity index (χ1n) is 4.81. The molecule has 0 saturated heterocycles. The van der Waals surface area contributed by atoms with E-state index in [0.717, 1.165) is 4.90 Å². The van der Waals surface area contributed by atoms with E-state index in [1.165, 1.54) is 20.0 Å². The zero-order valence-electron chi connectivity index (χ0n) is 9.45. The average Bonchev–Trinajstić information content (AvgIpc) is 2.28. The Morgan fingerprint density at radius 3 is 2.71 bits per heavy atom. The maximum atomic E-state index is 10.7. The van der Waals surface area contributed by atoms with Gasteiger partial charge in [0, 0.05) is 25.7 Å². The first-order valence-corrected chi connectivity index (χ1v) is 4.81. The van der Waals surface area contributed by atoms with E-state index in [-0.39, 0.29) is 5.70 Å². The molecule has 1 aromatic rings. The van der Waals surface area contributed by atoms with Gasteiger partial charge in [-0.25, -0.2) is 4.79 Å². The molecule has 0 atom stereocenters. The molecule has 1 rings (SSSR count). The molecule has 0 unspecified atom stereocenters. The molecule has 6 nitrogen and oxygen atoms in total. The Labute approximate surface area is 97.9 Å². The van der Waals surface area contributed by atoms with Gasteiger partial charge in [0.1, 0.15) is 0 Å². The van der Waals surface area contributed by atoms with Crippen LogP contribution in [0.4, 0.5) is 10.5 Å². The van der Waals surface area contributed by atoms with Gasteiger partial charge < -0.3 is 5.11 Å². The summed E-state index contributed by atoms with van der Waals surface area (Å²) < 4.78 is 0. The number of amides is 1. The molecule has 90 valence electrons. The molecule has 17 heavy (non-hydrogen) atoms. The predicted octanol–water partition coefficient (Wildman–Crippen LogP) is 2.44. The molecular weight excluding hydrogens is 224 g/mol. The Bertz CT molecular complexity index is 482. The summed E-state index contributed by atoms with van der Waals surface area (Å²) in [7, 11) is 1.41. The van der Waals surface area contributed by atoms with Crippen molar-refractivity contribution >= 4 is 17.9 Å². The van der Waals surface area contributed by atoms with Gasteiger partial charge in [0.25, 0.3) is 0 Å². The SMILES string of the molecule is CC(=Cc1cccc(N(C)C(=O)O)c1)[N+](=O)[O-]. The number of carbonyl (C=O) groups is 1. The fraction of sp³-hybridized carbons (Fsp3) is 0.182. The highest BCUT2D eigenvalue weighted by atomic mass is 16.6. The van der Waals surface area contributed by atoms with Crippen LogP contribution in [0.3, 0.4) is 0 Å². The van der Waals surface area contributed by atoms with Gasteiger partial charge in [-0.15, -0.1) is 0 Å². The number of carboxylic acid groups (broad SMARTS) is 1. The minimum atomic E-state index is -1.09. The Morgan fingerprint density at radius 1 is 1.53 bits per heavy atom. The van der Waals surface area contributed by atoms with Gasteiger partial charge in [0.2, 0.25) is 5.70 Å². The van der Waals surface area contributed by atoms with E-state index in [1.807, 2.05) is 0 Å². The third kappa shape index (κ3) is 3.30. The lowest BCUT2D eigenvalue weighted by molar-refractivity contribution is -0.422. The summed E-state index contributed by atoms with van der Waals surface area (Å²) in [5.41, 5.74) is 1.05. The highest BCUT2D eigenvalue weighted by Crippen LogP contribution is 2.17. The lowest BCUT2D eigenvalue weighted by Gasteiger charge is -2.13. The topological polar surface area (TPSA) is 83.7 Å². The maximum Gasteiger partial charge on any atom is 0.411 e. The van der Waals surface area contributed by atoms with Crippen LogP contribution in [0.5, 0.6) is 0 Å². The summed E-state index contributed by atoms with van der Waals surface area (Å²) in [6.45, 7) is 1.38. The normalized spacial score (nSPS) is 11.1. The number of allylic oxidation sites excluding steroid dienone is 1. The molecule has 0 aliphatic heterocycles. The molecule has 1 aromatic carbocycles. The van der Waals surface area contributed by atoms with Crippen LogP contribution in [0.25, 0.3) is 6.08 Å². The second-order valence-electron chi connectivity index (χ2n) is 3.48. The second-order valence-corrected chi connectivity index (χ2v) is 3.48. The number of nitrogens with zero attached hydrogens (tertiary/aromatic N) is 2. The van der Waals surface area contributed by atoms with E-state index in [9.17, 15) is 14.9 Å². The highest BCUT2D eigenvalue weighted by Gasteiger charge is 2.09. The van der Waals surface area contributed by atoms with Crippen LogP contribution in [0.2, 0.25) is 0 Å². The summed E-state index contributed by atoms with van der Waals surface area (Å²) in [5.74, 6) is 0. The minimum Gasteiger partial charge on any atom is -0.465 e. The molecule has 0 bridgehead atoms. The number of hydrogen-bond acceptors (Lipinski definition) is 3. The van der Waals surface area contributed by atoms with E-state index in [4.69, 9.17) is 5.11 Å². The van der Waals surface area contributed by atoms with Crippen molar-refractivity contribution in [1.82, 2.24) is 0 Å². The van der Waals surface area contributed by atoms with Gasteiger partial charge in [-0.2, -0.15) is 0 Å². The van der Waals surface area contributed by atoms with E-state index in [2.05, 4.69) is 0 Å². The van der Waals surface area contributed by atoms with Crippen molar-refractivity contribution < 1.29 is 14.8 Å². The third-order valence-corrected chi connectivity index (χ3v) is 2.21. The van der Waals surface area contributed by atoms with Gasteiger partial charge in [0.05, 0.1) is 4.92 Å². The maximum absolute atomic E-state index is 10.7. The van der Waals surface area contributed by atoms with Crippen LogP contribution >= 0.6 is 0 Å². The molecule has 6 heteroatoms. The number of hydrogen-bond donors (Lipinski definition) is 1. The van der Waals surface area contributed by atoms with Crippen LogP contribution in [0, 0.1) is 10.1 Å². The number of anilines is 1. The van der Waals surface area contributed by atoms with Gasteiger partial charge in [0.15, 0.2) is 0 Å². The fourth-order valence-corrected chi connectivity index (χ4v) is 1.23. The van der Waals surface area contributed by atoms with Crippen LogP contribution in [-0.4, -0.2) is 23.2 Å². The van der Waals surface area contributed by atoms with E-state index in [0.29, 0.717) is 11.3 Å². The van der Waals surface area contributed by atoms with Gasteiger partial charge in [-0.3, -0.25) is 15.0 Å². The molecule has 0 saturated carbocycles. The molecule has 0 spiro atoms. The van der Waals surface area contributed by atoms with Crippen molar-refractivity contribution in [3.8, 4) is 0 Å². The van der Waals surface area contributed by atoms with Crippen molar-refractivity contribution in [1.29, 1.82) is 0 Å². The quantitative estimate of drug-likeness (QED) is 0.645. The number of rotatable bonds is 3. The zero-order chi connectivity index (χ0) is 13.0. The molecule has 0 heterocycles. The minimum absolute atomic E-state index is 0.000119. The Hall–Kier alpha value is -2.37. The van der Waals surface area contributed by atoms with Crippen molar-refractivity contribution in [3.63, 3.8) is 0 Å². The second kappa shape index (κ2) is 5.11.